The van der Waals surface area contributed by atoms with E-state index >= 15 is 0 Å². The molecule has 0 aliphatic carbocycles. The summed E-state index contributed by atoms with van der Waals surface area (Å²) in [7, 11) is 0. The minimum Gasteiger partial charge on any atom is -0.445 e. The lowest BCUT2D eigenvalue weighted by Crippen LogP contribution is -2.39. The van der Waals surface area contributed by atoms with E-state index in [1.165, 1.54) is 0 Å². The van der Waals surface area contributed by atoms with Crippen molar-refractivity contribution in [1.29, 1.82) is 0 Å². The molecular weight excluding hydrogens is 272 g/mol. The summed E-state index contributed by atoms with van der Waals surface area (Å²) in [5, 5.41) is 17.0. The second-order valence-electron chi connectivity index (χ2n) is 4.83. The Hall–Kier alpha value is -2.41. The Labute approximate surface area is 121 Å². The van der Waals surface area contributed by atoms with Crippen LogP contribution in [0.1, 0.15) is 17.0 Å². The summed E-state index contributed by atoms with van der Waals surface area (Å²) in [6, 6.07) is 9.54. The Kier molecular flexibility index (Phi) is 3.83. The van der Waals surface area contributed by atoms with E-state index in [0.29, 0.717) is 25.3 Å². The molecule has 1 aromatic carbocycles. The molecule has 7 heteroatoms. The molecule has 0 radical (unpaired) electrons. The second-order valence-corrected chi connectivity index (χ2v) is 4.83. The van der Waals surface area contributed by atoms with Crippen LogP contribution in [0.3, 0.4) is 0 Å². The van der Waals surface area contributed by atoms with Crippen LogP contribution < -0.4 is 0 Å². The SMILES string of the molecule is O=C(OCc1ccccc1)N1CCn2nnc(CO)c2C1. The zero-order valence-electron chi connectivity index (χ0n) is 11.5. The molecule has 1 aliphatic heterocycles. The highest BCUT2D eigenvalue weighted by atomic mass is 16.6. The number of hydrogen-bond donors (Lipinski definition) is 1. The summed E-state index contributed by atoms with van der Waals surface area (Å²) in [6.07, 6.45) is -0.366. The number of carbonyl (C=O) groups is 1. The maximum Gasteiger partial charge on any atom is 0.410 e. The number of rotatable bonds is 3. The van der Waals surface area contributed by atoms with Gasteiger partial charge in [0.2, 0.25) is 0 Å². The molecule has 0 unspecified atom stereocenters. The molecule has 21 heavy (non-hydrogen) atoms. The lowest BCUT2D eigenvalue weighted by Gasteiger charge is -2.26. The molecular formula is C14H16N4O3. The van der Waals surface area contributed by atoms with Gasteiger partial charge in [-0.05, 0) is 5.56 Å². The van der Waals surface area contributed by atoms with Gasteiger partial charge >= 0.3 is 6.09 Å². The normalized spacial score (nSPS) is 13.9. The van der Waals surface area contributed by atoms with Gasteiger partial charge in [0.15, 0.2) is 0 Å². The number of ether oxygens (including phenoxy) is 1. The van der Waals surface area contributed by atoms with Gasteiger partial charge in [0.1, 0.15) is 12.3 Å². The molecule has 0 spiro atoms. The van der Waals surface area contributed by atoms with Gasteiger partial charge in [0.05, 0.1) is 25.4 Å². The van der Waals surface area contributed by atoms with Crippen molar-refractivity contribution in [1.82, 2.24) is 19.9 Å². The number of aliphatic hydroxyl groups is 1. The fourth-order valence-electron chi connectivity index (χ4n) is 2.29. The van der Waals surface area contributed by atoms with Gasteiger partial charge in [-0.2, -0.15) is 0 Å². The molecule has 1 aromatic heterocycles. The first-order valence-corrected chi connectivity index (χ1v) is 6.75. The summed E-state index contributed by atoms with van der Waals surface area (Å²) in [4.78, 5) is 13.7. The van der Waals surface area contributed by atoms with Crippen LogP contribution >= 0.6 is 0 Å². The molecule has 3 rings (SSSR count). The van der Waals surface area contributed by atoms with Crippen molar-refractivity contribution >= 4 is 6.09 Å². The number of aromatic nitrogens is 3. The van der Waals surface area contributed by atoms with Gasteiger partial charge in [-0.15, -0.1) is 5.10 Å². The summed E-state index contributed by atoms with van der Waals surface area (Å²) in [5.41, 5.74) is 2.22. The summed E-state index contributed by atoms with van der Waals surface area (Å²) >= 11 is 0. The molecule has 0 atom stereocenters. The fraction of sp³-hybridized carbons (Fsp3) is 0.357. The number of aliphatic hydroxyl groups excluding tert-OH is 1. The van der Waals surface area contributed by atoms with E-state index in [2.05, 4.69) is 10.3 Å². The third-order valence-electron chi connectivity index (χ3n) is 3.45. The van der Waals surface area contributed by atoms with E-state index in [9.17, 15) is 9.90 Å². The third-order valence-corrected chi connectivity index (χ3v) is 3.45. The quantitative estimate of drug-likeness (QED) is 0.908. The van der Waals surface area contributed by atoms with Crippen molar-refractivity contribution in [2.45, 2.75) is 26.3 Å². The average molecular weight is 288 g/mol. The van der Waals surface area contributed by atoms with E-state index in [0.717, 1.165) is 11.3 Å². The highest BCUT2D eigenvalue weighted by Crippen LogP contribution is 2.16. The van der Waals surface area contributed by atoms with Crippen molar-refractivity contribution in [3.8, 4) is 0 Å². The Balaban J connectivity index is 1.61. The number of benzene rings is 1. The van der Waals surface area contributed by atoms with Crippen LogP contribution in [0.2, 0.25) is 0 Å². The van der Waals surface area contributed by atoms with Crippen molar-refractivity contribution < 1.29 is 14.6 Å². The lowest BCUT2D eigenvalue weighted by molar-refractivity contribution is 0.0854. The van der Waals surface area contributed by atoms with E-state index < -0.39 is 0 Å². The highest BCUT2D eigenvalue weighted by Gasteiger charge is 2.25. The van der Waals surface area contributed by atoms with Gasteiger partial charge < -0.3 is 14.7 Å². The maximum atomic E-state index is 12.1. The van der Waals surface area contributed by atoms with Gasteiger partial charge in [0.25, 0.3) is 0 Å². The number of fused-ring (bicyclic) bond motifs is 1. The van der Waals surface area contributed by atoms with Crippen molar-refractivity contribution in [3.63, 3.8) is 0 Å². The topological polar surface area (TPSA) is 80.5 Å². The molecule has 0 bridgehead atoms. The van der Waals surface area contributed by atoms with Crippen molar-refractivity contribution in [2.24, 2.45) is 0 Å². The monoisotopic (exact) mass is 288 g/mol. The smallest absolute Gasteiger partial charge is 0.410 e. The van der Waals surface area contributed by atoms with Gasteiger partial charge in [-0.25, -0.2) is 9.48 Å². The lowest BCUT2D eigenvalue weighted by atomic mass is 10.2. The van der Waals surface area contributed by atoms with Crippen LogP contribution in [-0.2, 0) is 31.0 Å². The van der Waals surface area contributed by atoms with E-state index in [1.54, 1.807) is 9.58 Å². The largest absolute Gasteiger partial charge is 0.445 e. The predicted octanol–water partition coefficient (Wildman–Crippen LogP) is 0.923. The first-order valence-electron chi connectivity index (χ1n) is 6.75. The van der Waals surface area contributed by atoms with Crippen LogP contribution in [0.15, 0.2) is 30.3 Å². The number of hydrogen-bond acceptors (Lipinski definition) is 5. The number of nitrogens with zero attached hydrogens (tertiary/aromatic N) is 4. The molecule has 0 fully saturated rings. The van der Waals surface area contributed by atoms with Crippen LogP contribution in [-0.4, -0.2) is 37.6 Å². The Bertz CT molecular complexity index is 613. The van der Waals surface area contributed by atoms with Crippen LogP contribution in [0, 0.1) is 0 Å². The van der Waals surface area contributed by atoms with Crippen LogP contribution in [0.5, 0.6) is 0 Å². The Morgan fingerprint density at radius 1 is 1.29 bits per heavy atom. The molecule has 1 amide bonds. The summed E-state index contributed by atoms with van der Waals surface area (Å²) in [5.74, 6) is 0. The highest BCUT2D eigenvalue weighted by molar-refractivity contribution is 5.67. The van der Waals surface area contributed by atoms with Gasteiger partial charge in [0, 0.05) is 6.54 Å². The molecule has 110 valence electrons. The zero-order chi connectivity index (χ0) is 14.7. The van der Waals surface area contributed by atoms with Crippen LogP contribution in [0.25, 0.3) is 0 Å². The first-order chi connectivity index (χ1) is 10.3. The molecule has 2 heterocycles. The van der Waals surface area contributed by atoms with Crippen molar-refractivity contribution in [2.75, 3.05) is 6.54 Å². The van der Waals surface area contributed by atoms with Gasteiger partial charge in [-0.3, -0.25) is 0 Å². The van der Waals surface area contributed by atoms with E-state index in [1.807, 2.05) is 30.3 Å². The van der Waals surface area contributed by atoms with E-state index in [-0.39, 0.29) is 19.3 Å². The second kappa shape index (κ2) is 5.92. The number of carbonyl (C=O) groups excluding carboxylic acids is 1. The number of amides is 1. The molecule has 0 saturated carbocycles. The fourth-order valence-corrected chi connectivity index (χ4v) is 2.29. The first kappa shape index (κ1) is 13.6. The summed E-state index contributed by atoms with van der Waals surface area (Å²) in [6.45, 7) is 1.51. The molecule has 7 nitrogen and oxygen atoms in total. The maximum absolute atomic E-state index is 12.1. The van der Waals surface area contributed by atoms with Crippen LogP contribution in [0.4, 0.5) is 4.79 Å². The third kappa shape index (κ3) is 2.87. The van der Waals surface area contributed by atoms with Crippen molar-refractivity contribution in [3.05, 3.63) is 47.3 Å². The predicted molar refractivity (Wildman–Crippen MR) is 73.0 cm³/mol. The minimum atomic E-state index is -0.366. The molecule has 2 aromatic rings. The standard InChI is InChI=1S/C14H16N4O3/c19-9-12-13-8-17(6-7-18(13)16-15-12)14(20)21-10-11-4-2-1-3-5-11/h1-5,19H,6-10H2. The minimum absolute atomic E-state index is 0.178. The van der Waals surface area contributed by atoms with Gasteiger partial charge in [-0.1, -0.05) is 35.5 Å². The Morgan fingerprint density at radius 2 is 2.10 bits per heavy atom. The zero-order valence-corrected chi connectivity index (χ0v) is 11.5. The molecule has 0 saturated heterocycles. The Morgan fingerprint density at radius 3 is 2.86 bits per heavy atom. The summed E-state index contributed by atoms with van der Waals surface area (Å²) < 4.78 is 7.02. The average Bonchev–Trinajstić information content (AvgIpc) is 2.95. The van der Waals surface area contributed by atoms with E-state index in [4.69, 9.17) is 4.74 Å². The molecule has 1 aliphatic rings. The molecule has 1 N–H and O–H groups in total.